The highest BCUT2D eigenvalue weighted by atomic mass is 16.5. The number of benzene rings is 2. The molecule has 1 amide bonds. The molecular formula is C32H35N7O3. The number of hydrogen-bond acceptors (Lipinski definition) is 7. The molecule has 7 rings (SSSR count). The number of hydrogen-bond donors (Lipinski definition) is 2. The van der Waals surface area contributed by atoms with Gasteiger partial charge in [-0.2, -0.15) is 0 Å². The summed E-state index contributed by atoms with van der Waals surface area (Å²) in [6.07, 6.45) is 10.9. The van der Waals surface area contributed by atoms with E-state index >= 15 is 0 Å². The molecule has 10 heteroatoms. The molecule has 2 saturated carbocycles. The molecule has 2 N–H and O–H groups in total. The molecule has 0 spiro atoms. The number of para-hydroxylation sites is 1. The number of ether oxygens (including phenoxy) is 1. The van der Waals surface area contributed by atoms with Gasteiger partial charge in [0.1, 0.15) is 18.2 Å². The number of rotatable bonds is 10. The van der Waals surface area contributed by atoms with Crippen molar-refractivity contribution in [2.24, 2.45) is 0 Å². The third-order valence-electron chi connectivity index (χ3n) is 8.48. The predicted molar refractivity (Wildman–Crippen MR) is 159 cm³/mol. The van der Waals surface area contributed by atoms with Crippen LogP contribution in [0.2, 0.25) is 0 Å². The number of anilines is 1. The fourth-order valence-electron chi connectivity index (χ4n) is 5.69. The molecule has 1 aliphatic heterocycles. The van der Waals surface area contributed by atoms with Crippen LogP contribution >= 0.6 is 0 Å². The molecule has 3 aliphatic rings. The molecule has 2 aliphatic carbocycles. The van der Waals surface area contributed by atoms with Crippen LogP contribution in [0.15, 0.2) is 72.0 Å². The van der Waals surface area contributed by atoms with Gasteiger partial charge in [-0.25, -0.2) is 9.97 Å². The van der Waals surface area contributed by atoms with Crippen molar-refractivity contribution in [1.29, 1.82) is 0 Å². The zero-order chi connectivity index (χ0) is 28.7. The van der Waals surface area contributed by atoms with Gasteiger partial charge in [-0.3, -0.25) is 19.1 Å². The van der Waals surface area contributed by atoms with Crippen LogP contribution in [0.1, 0.15) is 53.0 Å². The second-order valence-corrected chi connectivity index (χ2v) is 11.6. The Morgan fingerprint density at radius 2 is 1.90 bits per heavy atom. The zero-order valence-corrected chi connectivity index (χ0v) is 23.8. The normalized spacial score (nSPS) is 17.4. The van der Waals surface area contributed by atoms with Crippen LogP contribution < -0.4 is 20.9 Å². The number of imidazole rings is 1. The summed E-state index contributed by atoms with van der Waals surface area (Å²) >= 11 is 0. The number of nitrogens with zero attached hydrogens (tertiary/aromatic N) is 5. The summed E-state index contributed by atoms with van der Waals surface area (Å²) in [6, 6.07) is 13.8. The number of amides is 1. The smallest absolute Gasteiger partial charge is 0.297 e. The quantitative estimate of drug-likeness (QED) is 0.303. The topological polar surface area (TPSA) is 106 Å². The Bertz CT molecular complexity index is 1690. The van der Waals surface area contributed by atoms with Gasteiger partial charge >= 0.3 is 0 Å². The minimum Gasteiger partial charge on any atom is -0.492 e. The largest absolute Gasteiger partial charge is 0.492 e. The lowest BCUT2D eigenvalue weighted by Gasteiger charge is -2.28. The van der Waals surface area contributed by atoms with Crippen LogP contribution in [0.5, 0.6) is 5.75 Å². The molecule has 0 saturated heterocycles. The maximum absolute atomic E-state index is 13.7. The van der Waals surface area contributed by atoms with Crippen molar-refractivity contribution >= 4 is 11.7 Å². The van der Waals surface area contributed by atoms with Gasteiger partial charge in [0.2, 0.25) is 0 Å². The maximum Gasteiger partial charge on any atom is 0.297 e. The second-order valence-electron chi connectivity index (χ2n) is 11.6. The average Bonchev–Trinajstić information content (AvgIpc) is 3.93. The number of fused-ring (bicyclic) bond motifs is 1. The Morgan fingerprint density at radius 1 is 1.07 bits per heavy atom. The van der Waals surface area contributed by atoms with Crippen LogP contribution in [0, 0.1) is 6.92 Å². The van der Waals surface area contributed by atoms with E-state index in [1.165, 1.54) is 0 Å². The van der Waals surface area contributed by atoms with E-state index in [4.69, 9.17) is 4.74 Å². The third-order valence-corrected chi connectivity index (χ3v) is 8.48. The number of aromatic nitrogens is 4. The van der Waals surface area contributed by atoms with Crippen molar-refractivity contribution < 1.29 is 9.53 Å². The number of nitrogens with one attached hydrogen (secondary N) is 2. The minimum absolute atomic E-state index is 0.112. The first-order valence-electron chi connectivity index (χ1n) is 14.7. The van der Waals surface area contributed by atoms with Gasteiger partial charge in [0, 0.05) is 61.6 Å². The average molecular weight is 566 g/mol. The van der Waals surface area contributed by atoms with Crippen molar-refractivity contribution in [3.05, 3.63) is 100 Å². The molecule has 10 nitrogen and oxygen atoms in total. The summed E-state index contributed by atoms with van der Waals surface area (Å²) in [5.41, 5.74) is 2.47. The lowest BCUT2D eigenvalue weighted by molar-refractivity contribution is 0.0951. The van der Waals surface area contributed by atoms with Gasteiger partial charge in [-0.05, 0) is 56.4 Å². The van der Waals surface area contributed by atoms with E-state index in [9.17, 15) is 9.59 Å². The number of aryl methyl sites for hydroxylation is 1. The van der Waals surface area contributed by atoms with Crippen molar-refractivity contribution in [2.45, 2.75) is 57.3 Å². The monoisotopic (exact) mass is 565 g/mol. The first kappa shape index (κ1) is 26.5. The third kappa shape index (κ3) is 5.30. The predicted octanol–water partition coefficient (Wildman–Crippen LogP) is 3.63. The van der Waals surface area contributed by atoms with Crippen molar-refractivity contribution in [3.8, 4) is 11.4 Å². The Balaban J connectivity index is 1.08. The van der Waals surface area contributed by atoms with Crippen molar-refractivity contribution in [3.63, 3.8) is 0 Å². The van der Waals surface area contributed by atoms with Gasteiger partial charge in [-0.1, -0.05) is 24.3 Å². The standard InChI is InChI=1S/C32H35N7O3/c1-22-6-7-23(30(40)35-24-8-9-24)20-26(22)39-15-13-34-29(31(39)41)36-32(10-11-32)25-4-2-3-5-27(25)42-19-18-37-16-17-38-14-12-33-28(38)21-37/h2-7,12-15,20,24H,8-11,16-19,21H2,1H3,(H,34,36)(H,35,40). The van der Waals surface area contributed by atoms with Crippen LogP contribution in [0.3, 0.4) is 0 Å². The first-order valence-corrected chi connectivity index (χ1v) is 14.7. The summed E-state index contributed by atoms with van der Waals surface area (Å²) in [4.78, 5) is 37.7. The lowest BCUT2D eigenvalue weighted by Crippen LogP contribution is -2.36. The van der Waals surface area contributed by atoms with Gasteiger partial charge in [0.25, 0.3) is 11.5 Å². The first-order chi connectivity index (χ1) is 20.5. The maximum atomic E-state index is 13.7. The summed E-state index contributed by atoms with van der Waals surface area (Å²) in [5, 5.41) is 6.50. The molecule has 0 radical (unpaired) electrons. The van der Waals surface area contributed by atoms with Crippen molar-refractivity contribution in [2.75, 3.05) is 25.0 Å². The van der Waals surface area contributed by atoms with E-state index in [-0.39, 0.29) is 23.3 Å². The van der Waals surface area contributed by atoms with Crippen LogP contribution in [-0.2, 0) is 18.6 Å². The van der Waals surface area contributed by atoms with Crippen LogP contribution in [-0.4, -0.2) is 55.6 Å². The fraction of sp³-hybridized carbons (Fsp3) is 0.375. The molecule has 0 unspecified atom stereocenters. The van der Waals surface area contributed by atoms with Crippen LogP contribution in [0.4, 0.5) is 5.82 Å². The van der Waals surface area contributed by atoms with E-state index in [0.29, 0.717) is 17.9 Å². The highest BCUT2D eigenvalue weighted by Crippen LogP contribution is 2.50. The van der Waals surface area contributed by atoms with Crippen LogP contribution in [0.25, 0.3) is 5.69 Å². The second kappa shape index (κ2) is 10.8. The van der Waals surface area contributed by atoms with Gasteiger partial charge < -0.3 is 19.9 Å². The molecule has 216 valence electrons. The number of carbonyl (C=O) groups is 1. The Kier molecular flexibility index (Phi) is 6.78. The van der Waals surface area contributed by atoms with Gasteiger partial charge in [-0.15, -0.1) is 0 Å². The highest BCUT2D eigenvalue weighted by molar-refractivity contribution is 5.95. The molecule has 2 aromatic heterocycles. The summed E-state index contributed by atoms with van der Waals surface area (Å²) in [6.45, 7) is 6.05. The Hall–Kier alpha value is -4.44. The molecule has 2 aromatic carbocycles. The molecular weight excluding hydrogens is 530 g/mol. The molecule has 42 heavy (non-hydrogen) atoms. The Morgan fingerprint density at radius 3 is 2.74 bits per heavy atom. The summed E-state index contributed by atoms with van der Waals surface area (Å²) in [5.74, 6) is 2.08. The minimum atomic E-state index is -0.418. The molecule has 0 atom stereocenters. The van der Waals surface area contributed by atoms with Crippen molar-refractivity contribution in [1.82, 2.24) is 29.3 Å². The summed E-state index contributed by atoms with van der Waals surface area (Å²) < 4.78 is 10.1. The highest BCUT2D eigenvalue weighted by Gasteiger charge is 2.47. The van der Waals surface area contributed by atoms with Gasteiger partial charge in [0.15, 0.2) is 5.82 Å². The van der Waals surface area contributed by atoms with E-state index < -0.39 is 5.54 Å². The SMILES string of the molecule is Cc1ccc(C(=O)NC2CC2)cc1-n1ccnc(NC2(c3ccccc3OCCN3CCn4ccnc4C3)CC2)c1=O. The number of carbonyl (C=O) groups excluding carboxylic acids is 1. The van der Waals surface area contributed by atoms with E-state index in [1.54, 1.807) is 29.1 Å². The Labute approximate surface area is 244 Å². The summed E-state index contributed by atoms with van der Waals surface area (Å²) in [7, 11) is 0. The molecule has 2 fully saturated rings. The van der Waals surface area contributed by atoms with Gasteiger partial charge in [0.05, 0.1) is 17.8 Å². The molecule has 0 bridgehead atoms. The molecule has 3 heterocycles. The lowest BCUT2D eigenvalue weighted by atomic mass is 10.0. The zero-order valence-electron chi connectivity index (χ0n) is 23.8. The van der Waals surface area contributed by atoms with E-state index in [2.05, 4.69) is 36.1 Å². The molecule has 4 aromatic rings. The fourth-order valence-corrected chi connectivity index (χ4v) is 5.69. The van der Waals surface area contributed by atoms with E-state index in [1.807, 2.05) is 43.6 Å². The van der Waals surface area contributed by atoms with E-state index in [0.717, 1.165) is 74.6 Å².